The van der Waals surface area contributed by atoms with Crippen molar-refractivity contribution in [1.29, 1.82) is 0 Å². The van der Waals surface area contributed by atoms with Gasteiger partial charge in [-0.1, -0.05) is 54.6 Å². The van der Waals surface area contributed by atoms with Crippen LogP contribution in [0.3, 0.4) is 0 Å². The lowest BCUT2D eigenvalue weighted by Gasteiger charge is -2.19. The Morgan fingerprint density at radius 3 is 2.52 bits per heavy atom. The molecule has 5 heteroatoms. The minimum Gasteiger partial charge on any atom is -0.452 e. The molecular formula is C20H18N2O3. The number of carbonyl (C=O) groups is 2. The number of ether oxygens (including phenoxy) is 1. The van der Waals surface area contributed by atoms with E-state index in [0.717, 1.165) is 16.3 Å². The third-order valence-electron chi connectivity index (χ3n) is 3.85. The lowest BCUT2D eigenvalue weighted by Crippen LogP contribution is -2.28. The Labute approximate surface area is 145 Å². The first-order chi connectivity index (χ1) is 12.1. The van der Waals surface area contributed by atoms with Gasteiger partial charge in [-0.15, -0.1) is 0 Å². The normalized spacial score (nSPS) is 11.7. The van der Waals surface area contributed by atoms with Crippen LogP contribution in [-0.2, 0) is 9.53 Å². The number of nitrogens with zero attached hydrogens (tertiary/aromatic N) is 1. The van der Waals surface area contributed by atoms with Crippen molar-refractivity contribution in [1.82, 2.24) is 10.3 Å². The number of rotatable bonds is 5. The molecule has 0 radical (unpaired) electrons. The number of hydrogen-bond donors (Lipinski definition) is 1. The molecule has 25 heavy (non-hydrogen) atoms. The van der Waals surface area contributed by atoms with E-state index in [4.69, 9.17) is 4.74 Å². The van der Waals surface area contributed by atoms with Crippen molar-refractivity contribution in [3.05, 3.63) is 78.1 Å². The van der Waals surface area contributed by atoms with Gasteiger partial charge < -0.3 is 10.1 Å². The summed E-state index contributed by atoms with van der Waals surface area (Å²) < 4.78 is 5.69. The van der Waals surface area contributed by atoms with Gasteiger partial charge in [-0.3, -0.25) is 9.78 Å². The van der Waals surface area contributed by atoms with Crippen LogP contribution in [0.15, 0.2) is 67.0 Å². The molecular weight excluding hydrogens is 316 g/mol. The van der Waals surface area contributed by atoms with Crippen LogP contribution >= 0.6 is 0 Å². The molecule has 0 spiro atoms. The molecule has 1 amide bonds. The maximum absolute atomic E-state index is 12.7. The van der Waals surface area contributed by atoms with E-state index in [-0.39, 0.29) is 12.5 Å². The Morgan fingerprint density at radius 1 is 1.04 bits per heavy atom. The van der Waals surface area contributed by atoms with Gasteiger partial charge in [-0.05, 0) is 10.9 Å². The minimum absolute atomic E-state index is 0.177. The van der Waals surface area contributed by atoms with Crippen LogP contribution in [0, 0.1) is 0 Å². The third-order valence-corrected chi connectivity index (χ3v) is 3.85. The van der Waals surface area contributed by atoms with Gasteiger partial charge in [-0.2, -0.15) is 0 Å². The largest absolute Gasteiger partial charge is 0.452 e. The van der Waals surface area contributed by atoms with Crippen molar-refractivity contribution in [3.63, 3.8) is 0 Å². The number of benzene rings is 2. The fraction of sp³-hybridized carbons (Fsp3) is 0.150. The Hall–Kier alpha value is -3.21. The first-order valence-electron chi connectivity index (χ1n) is 7.98. The predicted molar refractivity (Wildman–Crippen MR) is 95.0 cm³/mol. The highest BCUT2D eigenvalue weighted by molar-refractivity contribution is 6.03. The van der Waals surface area contributed by atoms with Crippen LogP contribution in [-0.4, -0.2) is 23.4 Å². The second-order valence-corrected chi connectivity index (χ2v) is 5.65. The first-order valence-corrected chi connectivity index (χ1v) is 7.98. The van der Waals surface area contributed by atoms with E-state index in [0.29, 0.717) is 5.56 Å². The van der Waals surface area contributed by atoms with E-state index in [1.807, 2.05) is 54.6 Å². The summed E-state index contributed by atoms with van der Waals surface area (Å²) in [6.07, 6.45) is 2.64. The van der Waals surface area contributed by atoms with Crippen LogP contribution in [0.2, 0.25) is 0 Å². The molecule has 1 atom stereocenters. The quantitative estimate of drug-likeness (QED) is 0.727. The lowest BCUT2D eigenvalue weighted by molar-refractivity contribution is -0.119. The van der Waals surface area contributed by atoms with Crippen molar-refractivity contribution >= 4 is 22.6 Å². The Kier molecular flexibility index (Phi) is 5.04. The van der Waals surface area contributed by atoms with Gasteiger partial charge in [0.25, 0.3) is 0 Å². The van der Waals surface area contributed by atoms with Gasteiger partial charge in [0.2, 0.25) is 5.91 Å². The second-order valence-electron chi connectivity index (χ2n) is 5.65. The molecule has 126 valence electrons. The van der Waals surface area contributed by atoms with Crippen molar-refractivity contribution in [2.24, 2.45) is 0 Å². The third kappa shape index (κ3) is 4.01. The van der Waals surface area contributed by atoms with Gasteiger partial charge in [0.05, 0.1) is 12.1 Å². The SMILES string of the molecule is CC(=O)NCC(OC(=O)c1cncc2ccccc12)c1ccccc1. The summed E-state index contributed by atoms with van der Waals surface area (Å²) in [5.41, 5.74) is 1.22. The molecule has 5 nitrogen and oxygen atoms in total. The average molecular weight is 334 g/mol. The molecule has 0 saturated carbocycles. The van der Waals surface area contributed by atoms with Crippen LogP contribution in [0.1, 0.15) is 28.9 Å². The van der Waals surface area contributed by atoms with Crippen molar-refractivity contribution in [2.45, 2.75) is 13.0 Å². The van der Waals surface area contributed by atoms with E-state index >= 15 is 0 Å². The number of fused-ring (bicyclic) bond motifs is 1. The molecule has 0 aliphatic heterocycles. The molecule has 0 aliphatic carbocycles. The number of carbonyl (C=O) groups excluding carboxylic acids is 2. The second kappa shape index (κ2) is 7.57. The average Bonchev–Trinajstić information content (AvgIpc) is 2.65. The monoisotopic (exact) mass is 334 g/mol. The summed E-state index contributed by atoms with van der Waals surface area (Å²) in [5.74, 6) is -0.646. The number of aromatic nitrogens is 1. The summed E-state index contributed by atoms with van der Waals surface area (Å²) in [6.45, 7) is 1.64. The first kappa shape index (κ1) is 16.6. The molecule has 3 aromatic rings. The minimum atomic E-state index is -0.573. The van der Waals surface area contributed by atoms with Crippen LogP contribution in [0.25, 0.3) is 10.8 Å². The number of hydrogen-bond acceptors (Lipinski definition) is 4. The Bertz CT molecular complexity index is 888. The number of pyridine rings is 1. The summed E-state index contributed by atoms with van der Waals surface area (Å²) in [5, 5.41) is 4.36. The molecule has 1 heterocycles. The Balaban J connectivity index is 1.87. The maximum atomic E-state index is 12.7. The maximum Gasteiger partial charge on any atom is 0.341 e. The zero-order chi connectivity index (χ0) is 17.6. The van der Waals surface area contributed by atoms with E-state index in [1.54, 1.807) is 6.20 Å². The molecule has 0 aliphatic rings. The van der Waals surface area contributed by atoms with E-state index in [1.165, 1.54) is 13.1 Å². The van der Waals surface area contributed by atoms with Crippen molar-refractivity contribution in [2.75, 3.05) is 6.54 Å². The topological polar surface area (TPSA) is 68.3 Å². The number of nitrogens with one attached hydrogen (secondary N) is 1. The summed E-state index contributed by atoms with van der Waals surface area (Å²) in [4.78, 5) is 28.1. The molecule has 0 bridgehead atoms. The van der Waals surface area contributed by atoms with Crippen LogP contribution < -0.4 is 5.32 Å². The smallest absolute Gasteiger partial charge is 0.341 e. The molecule has 0 fully saturated rings. The summed E-state index contributed by atoms with van der Waals surface area (Å²) in [7, 11) is 0. The molecule has 0 saturated heterocycles. The van der Waals surface area contributed by atoms with E-state index in [2.05, 4.69) is 10.3 Å². The van der Waals surface area contributed by atoms with Crippen LogP contribution in [0.5, 0.6) is 0 Å². The van der Waals surface area contributed by atoms with Gasteiger partial charge >= 0.3 is 5.97 Å². The fourth-order valence-corrected chi connectivity index (χ4v) is 2.60. The molecule has 1 N–H and O–H groups in total. The van der Waals surface area contributed by atoms with E-state index < -0.39 is 12.1 Å². The number of esters is 1. The summed E-state index contributed by atoms with van der Waals surface area (Å²) >= 11 is 0. The molecule has 2 aromatic carbocycles. The Morgan fingerprint density at radius 2 is 1.76 bits per heavy atom. The van der Waals surface area contributed by atoms with Gasteiger partial charge in [0, 0.05) is 24.7 Å². The van der Waals surface area contributed by atoms with Crippen molar-refractivity contribution < 1.29 is 14.3 Å². The molecule has 1 unspecified atom stereocenters. The standard InChI is InChI=1S/C20H18N2O3/c1-14(23)22-13-19(15-7-3-2-4-8-15)25-20(24)18-12-21-11-16-9-5-6-10-17(16)18/h2-12,19H,13H2,1H3,(H,22,23). The summed E-state index contributed by atoms with van der Waals surface area (Å²) in [6, 6.07) is 16.8. The van der Waals surface area contributed by atoms with Crippen LogP contribution in [0.4, 0.5) is 0 Å². The number of amides is 1. The lowest BCUT2D eigenvalue weighted by atomic mass is 10.1. The highest BCUT2D eigenvalue weighted by Gasteiger charge is 2.20. The van der Waals surface area contributed by atoms with Gasteiger partial charge in [0.15, 0.2) is 0 Å². The highest BCUT2D eigenvalue weighted by Crippen LogP contribution is 2.22. The van der Waals surface area contributed by atoms with Crippen molar-refractivity contribution in [3.8, 4) is 0 Å². The molecule has 1 aromatic heterocycles. The predicted octanol–water partition coefficient (Wildman–Crippen LogP) is 3.27. The zero-order valence-electron chi connectivity index (χ0n) is 13.8. The fourth-order valence-electron chi connectivity index (χ4n) is 2.60. The highest BCUT2D eigenvalue weighted by atomic mass is 16.5. The van der Waals surface area contributed by atoms with Gasteiger partial charge in [0.1, 0.15) is 6.10 Å². The van der Waals surface area contributed by atoms with E-state index in [9.17, 15) is 9.59 Å². The van der Waals surface area contributed by atoms with Gasteiger partial charge in [-0.25, -0.2) is 4.79 Å². The molecule has 3 rings (SSSR count). The zero-order valence-corrected chi connectivity index (χ0v) is 13.8.